The molecule has 0 saturated carbocycles. The molecule has 0 spiro atoms. The summed E-state index contributed by atoms with van der Waals surface area (Å²) >= 11 is 0. The second kappa shape index (κ2) is 48.7. The van der Waals surface area contributed by atoms with Gasteiger partial charge in [0, 0.05) is 78.3 Å². The van der Waals surface area contributed by atoms with E-state index in [1.54, 1.807) is 0 Å². The molecule has 2 saturated heterocycles. The summed E-state index contributed by atoms with van der Waals surface area (Å²) in [5.41, 5.74) is 0. The van der Waals surface area contributed by atoms with Gasteiger partial charge in [0.25, 0.3) is 0 Å². The fourth-order valence-electron chi connectivity index (χ4n) is 7.05. The Bertz CT molecular complexity index is 1230. The molecule has 0 bridgehead atoms. The first-order valence-electron chi connectivity index (χ1n) is 26.2. The predicted octanol–water partition coefficient (Wildman–Crippen LogP) is 0.512. The summed E-state index contributed by atoms with van der Waals surface area (Å²) in [7, 11) is 0. The van der Waals surface area contributed by atoms with Gasteiger partial charge in [-0.3, -0.25) is 19.2 Å². The summed E-state index contributed by atoms with van der Waals surface area (Å²) in [6, 6.07) is 0. The highest BCUT2D eigenvalue weighted by molar-refractivity contribution is 5.87. The Kier molecular flexibility index (Phi) is 43.9. The third kappa shape index (κ3) is 39.3. The molecule has 2 aliphatic rings. The van der Waals surface area contributed by atoms with E-state index in [2.05, 4.69) is 34.4 Å². The number of ether oxygens (including phenoxy) is 12. The van der Waals surface area contributed by atoms with Crippen molar-refractivity contribution in [2.24, 2.45) is 0 Å². The maximum absolute atomic E-state index is 13.7. The van der Waals surface area contributed by atoms with Crippen molar-refractivity contribution in [1.82, 2.24) is 31.1 Å². The number of nitrogens with one attached hydrogen (secondary N) is 4. The van der Waals surface area contributed by atoms with Crippen molar-refractivity contribution in [3.8, 4) is 0 Å². The highest BCUT2D eigenvalue weighted by Crippen LogP contribution is 2.07. The predicted molar refractivity (Wildman–Crippen MR) is 270 cm³/mol. The lowest BCUT2D eigenvalue weighted by molar-refractivity contribution is -0.132. The van der Waals surface area contributed by atoms with Crippen molar-refractivity contribution >= 4 is 23.6 Å². The van der Waals surface area contributed by atoms with Crippen molar-refractivity contribution in [1.29, 1.82) is 0 Å². The van der Waals surface area contributed by atoms with Crippen LogP contribution in [0.1, 0.15) is 51.4 Å². The minimum absolute atomic E-state index is 0.0147. The van der Waals surface area contributed by atoms with Crippen LogP contribution in [0.25, 0.3) is 0 Å². The lowest BCUT2D eigenvalue weighted by atomic mass is 10.2. The first-order valence-corrected chi connectivity index (χ1v) is 26.2. The highest BCUT2D eigenvalue weighted by Gasteiger charge is 2.18. The highest BCUT2D eigenvalue weighted by atomic mass is 16.6. The van der Waals surface area contributed by atoms with Crippen molar-refractivity contribution in [2.75, 3.05) is 211 Å². The monoisotopic (exact) mass is 1030 g/mol. The van der Waals surface area contributed by atoms with Crippen LogP contribution >= 0.6 is 0 Å². The summed E-state index contributed by atoms with van der Waals surface area (Å²) in [5.74, 6) is -0.432. The SMILES string of the molecule is C=CC(=O)NCCCCN(CCCCN(CCCCNC(=O)C=C)C(=O)CCNCC1COCCOCCOCCOCCOCCO1)C(=O)CCNCC1COCCOCCOCCOCCOCCO1. The van der Waals surface area contributed by atoms with Crippen LogP contribution in [0.4, 0.5) is 0 Å². The Balaban J connectivity index is 1.93. The van der Waals surface area contributed by atoms with Gasteiger partial charge in [0.1, 0.15) is 0 Å². The molecule has 4 amide bonds. The van der Waals surface area contributed by atoms with E-state index in [9.17, 15) is 19.2 Å². The molecule has 0 radical (unpaired) electrons. The van der Waals surface area contributed by atoms with Gasteiger partial charge in [-0.1, -0.05) is 13.2 Å². The topological polar surface area (TPSA) is 234 Å². The fourth-order valence-corrected chi connectivity index (χ4v) is 7.05. The minimum atomic E-state index is -0.257. The third-order valence-electron chi connectivity index (χ3n) is 11.0. The second-order valence-corrected chi connectivity index (χ2v) is 16.8. The van der Waals surface area contributed by atoms with Crippen molar-refractivity contribution < 1.29 is 76.0 Å². The number of unbranched alkanes of at least 4 members (excludes halogenated alkanes) is 3. The molecule has 22 heteroatoms. The third-order valence-corrected chi connectivity index (χ3v) is 11.0. The first-order chi connectivity index (χ1) is 35.4. The van der Waals surface area contributed by atoms with E-state index in [-0.39, 0.29) is 48.7 Å². The zero-order valence-corrected chi connectivity index (χ0v) is 43.4. The van der Waals surface area contributed by atoms with Crippen LogP contribution in [0.5, 0.6) is 0 Å². The van der Waals surface area contributed by atoms with Crippen LogP contribution in [0.2, 0.25) is 0 Å². The minimum Gasteiger partial charge on any atom is -0.377 e. The smallest absolute Gasteiger partial charge is 0.243 e. The van der Waals surface area contributed by atoms with E-state index in [4.69, 9.17) is 56.8 Å². The van der Waals surface area contributed by atoms with Crippen molar-refractivity contribution in [2.45, 2.75) is 63.6 Å². The molecule has 0 aromatic heterocycles. The van der Waals surface area contributed by atoms with E-state index in [0.717, 1.165) is 0 Å². The summed E-state index contributed by atoms with van der Waals surface area (Å²) in [6.07, 6.45) is 6.74. The number of hydrogen-bond donors (Lipinski definition) is 4. The zero-order chi connectivity index (χ0) is 51.6. The Hall–Kier alpha value is -3.20. The first kappa shape index (κ1) is 64.9. The maximum Gasteiger partial charge on any atom is 0.243 e. The van der Waals surface area contributed by atoms with E-state index in [0.29, 0.717) is 249 Å². The molecule has 2 aliphatic heterocycles. The number of carbonyl (C=O) groups is 4. The normalized spacial score (nSPS) is 19.8. The van der Waals surface area contributed by atoms with Gasteiger partial charge in [-0.2, -0.15) is 0 Å². The van der Waals surface area contributed by atoms with Crippen LogP contribution in [0.3, 0.4) is 0 Å². The fraction of sp³-hybridized carbons (Fsp3) is 0.840. The molecule has 22 nitrogen and oxygen atoms in total. The summed E-state index contributed by atoms with van der Waals surface area (Å²) in [6.45, 7) is 21.7. The van der Waals surface area contributed by atoms with Gasteiger partial charge in [-0.05, 0) is 50.7 Å². The van der Waals surface area contributed by atoms with Gasteiger partial charge >= 0.3 is 0 Å². The number of carbonyl (C=O) groups excluding carboxylic acids is 4. The average Bonchev–Trinajstić information content (AvgIpc) is 3.38. The number of amides is 4. The van der Waals surface area contributed by atoms with E-state index in [1.165, 1.54) is 12.2 Å². The van der Waals surface area contributed by atoms with Crippen LogP contribution < -0.4 is 21.3 Å². The summed E-state index contributed by atoms with van der Waals surface area (Å²) < 4.78 is 68.3. The summed E-state index contributed by atoms with van der Waals surface area (Å²) in [5, 5.41) is 12.4. The number of hydrogen-bond acceptors (Lipinski definition) is 18. The molecule has 72 heavy (non-hydrogen) atoms. The van der Waals surface area contributed by atoms with E-state index in [1.807, 2.05) is 9.80 Å². The van der Waals surface area contributed by atoms with Gasteiger partial charge in [0.05, 0.1) is 158 Å². The lowest BCUT2D eigenvalue weighted by Gasteiger charge is -2.26. The van der Waals surface area contributed by atoms with E-state index < -0.39 is 0 Å². The van der Waals surface area contributed by atoms with Gasteiger partial charge in [0.15, 0.2) is 0 Å². The Morgan fingerprint density at radius 2 is 0.667 bits per heavy atom. The molecular formula is C50H92N6O16. The molecule has 4 N–H and O–H groups in total. The van der Waals surface area contributed by atoms with Gasteiger partial charge in [-0.25, -0.2) is 0 Å². The largest absolute Gasteiger partial charge is 0.377 e. The molecule has 2 fully saturated rings. The van der Waals surface area contributed by atoms with Gasteiger partial charge in [-0.15, -0.1) is 0 Å². The quantitative estimate of drug-likeness (QED) is 0.0649. The molecule has 2 unspecified atom stereocenters. The molecule has 2 rings (SSSR count). The molecule has 2 atom stereocenters. The van der Waals surface area contributed by atoms with Crippen LogP contribution in [-0.2, 0) is 76.0 Å². The van der Waals surface area contributed by atoms with Gasteiger partial charge < -0.3 is 87.9 Å². The Morgan fingerprint density at radius 1 is 0.389 bits per heavy atom. The van der Waals surface area contributed by atoms with Crippen molar-refractivity contribution in [3.63, 3.8) is 0 Å². The second-order valence-electron chi connectivity index (χ2n) is 16.8. The van der Waals surface area contributed by atoms with Gasteiger partial charge in [0.2, 0.25) is 23.6 Å². The van der Waals surface area contributed by atoms with Crippen molar-refractivity contribution in [3.05, 3.63) is 25.3 Å². The molecule has 2 heterocycles. The maximum atomic E-state index is 13.7. The average molecular weight is 1030 g/mol. The summed E-state index contributed by atoms with van der Waals surface area (Å²) in [4.78, 5) is 54.6. The Labute approximate surface area is 429 Å². The molecule has 0 aliphatic carbocycles. The number of nitrogens with zero attached hydrogens (tertiary/aromatic N) is 2. The Morgan fingerprint density at radius 3 is 0.972 bits per heavy atom. The zero-order valence-electron chi connectivity index (χ0n) is 43.4. The molecule has 0 aromatic carbocycles. The number of rotatable bonds is 27. The van der Waals surface area contributed by atoms with Crippen LogP contribution in [0.15, 0.2) is 25.3 Å². The standard InChI is InChI=1S/C50H92N6O16/c1-3-47(57)53-13-5-7-17-55(49(59)11-15-51-41-45-43-69-35-33-65-27-25-61-21-23-63-29-31-67-37-39-71-45)19-9-10-20-56(18-8-6-14-54-48(58)4-2)50(60)12-16-52-42-46-44-70-36-34-66-28-26-62-22-24-64-30-32-68-38-40-72-46/h3-4,45-46,51-52H,1-2,5-44H2,(H,53,57)(H,54,58). The molecule has 418 valence electrons. The molecule has 0 aromatic rings. The van der Waals surface area contributed by atoms with E-state index >= 15 is 0 Å². The lowest BCUT2D eigenvalue weighted by Crippen LogP contribution is -2.39. The molecular weight excluding hydrogens is 941 g/mol. The van der Waals surface area contributed by atoms with Crippen LogP contribution in [-0.4, -0.2) is 256 Å². The van der Waals surface area contributed by atoms with Crippen LogP contribution in [0, 0.1) is 0 Å².